The number of aryl methyl sites for hydroxylation is 1. The first-order valence-corrected chi connectivity index (χ1v) is 5.42. The molecule has 1 saturated carbocycles. The second kappa shape index (κ2) is 4.09. The van der Waals surface area contributed by atoms with E-state index in [1.807, 2.05) is 6.92 Å². The highest BCUT2D eigenvalue weighted by Crippen LogP contribution is 2.33. The largest absolute Gasteiger partial charge is 0.329 e. The summed E-state index contributed by atoms with van der Waals surface area (Å²) in [6, 6.07) is 0. The molecule has 1 heterocycles. The van der Waals surface area contributed by atoms with E-state index in [0.29, 0.717) is 12.5 Å². The van der Waals surface area contributed by atoms with Gasteiger partial charge in [0, 0.05) is 19.0 Å². The molecule has 0 bridgehead atoms. The maximum absolute atomic E-state index is 5.58. The molecular weight excluding hydrogens is 176 g/mol. The molecule has 0 radical (unpaired) electrons. The summed E-state index contributed by atoms with van der Waals surface area (Å²) in [5.41, 5.74) is 5.58. The van der Waals surface area contributed by atoms with E-state index < -0.39 is 0 Å². The van der Waals surface area contributed by atoms with E-state index in [0.717, 1.165) is 18.2 Å². The fraction of sp³-hybridized carbons (Fsp3) is 0.800. The van der Waals surface area contributed by atoms with Crippen molar-refractivity contribution in [2.24, 2.45) is 5.73 Å². The highest BCUT2D eigenvalue weighted by molar-refractivity contribution is 5.03. The summed E-state index contributed by atoms with van der Waals surface area (Å²) in [7, 11) is 0. The lowest BCUT2D eigenvalue weighted by atomic mass is 10.1. The zero-order valence-corrected chi connectivity index (χ0v) is 8.74. The van der Waals surface area contributed by atoms with E-state index in [2.05, 4.69) is 14.8 Å². The van der Waals surface area contributed by atoms with Crippen molar-refractivity contribution < 1.29 is 0 Å². The molecule has 1 aliphatic carbocycles. The zero-order chi connectivity index (χ0) is 9.97. The van der Waals surface area contributed by atoms with Gasteiger partial charge in [-0.1, -0.05) is 12.8 Å². The first-order valence-electron chi connectivity index (χ1n) is 5.42. The van der Waals surface area contributed by atoms with Crippen LogP contribution >= 0.6 is 0 Å². The van der Waals surface area contributed by atoms with Crippen LogP contribution in [-0.4, -0.2) is 21.3 Å². The quantitative estimate of drug-likeness (QED) is 0.786. The van der Waals surface area contributed by atoms with E-state index in [1.165, 1.54) is 25.7 Å². The molecular formula is C10H18N4. The lowest BCUT2D eigenvalue weighted by Gasteiger charge is -2.11. The van der Waals surface area contributed by atoms with Crippen LogP contribution in [0.1, 0.15) is 43.3 Å². The van der Waals surface area contributed by atoms with Gasteiger partial charge in [-0.25, -0.2) is 0 Å². The first kappa shape index (κ1) is 9.65. The van der Waals surface area contributed by atoms with Gasteiger partial charge in [0.1, 0.15) is 11.6 Å². The molecule has 1 aromatic heterocycles. The Kier molecular flexibility index (Phi) is 2.82. The molecule has 0 spiro atoms. The van der Waals surface area contributed by atoms with Crippen molar-refractivity contribution in [3.8, 4) is 0 Å². The Hall–Kier alpha value is -0.900. The Morgan fingerprint density at radius 2 is 2.07 bits per heavy atom. The maximum Gasteiger partial charge on any atom is 0.136 e. The van der Waals surface area contributed by atoms with Crippen LogP contribution in [0.25, 0.3) is 0 Å². The highest BCUT2D eigenvalue weighted by atomic mass is 15.3. The molecule has 4 heteroatoms. The number of hydrogen-bond donors (Lipinski definition) is 1. The van der Waals surface area contributed by atoms with E-state index >= 15 is 0 Å². The molecule has 0 aromatic carbocycles. The van der Waals surface area contributed by atoms with Crippen LogP contribution < -0.4 is 5.73 Å². The van der Waals surface area contributed by atoms with Crippen molar-refractivity contribution in [2.75, 3.05) is 6.54 Å². The molecule has 2 N–H and O–H groups in total. The van der Waals surface area contributed by atoms with Gasteiger partial charge in [-0.05, 0) is 19.8 Å². The van der Waals surface area contributed by atoms with Crippen LogP contribution in [0.2, 0.25) is 0 Å². The molecule has 1 aliphatic rings. The van der Waals surface area contributed by atoms with Crippen molar-refractivity contribution in [1.82, 2.24) is 14.8 Å². The fourth-order valence-electron chi connectivity index (χ4n) is 2.29. The second-order valence-corrected chi connectivity index (χ2v) is 4.03. The van der Waals surface area contributed by atoms with Gasteiger partial charge in [-0.2, -0.15) is 0 Å². The number of hydrogen-bond acceptors (Lipinski definition) is 3. The summed E-state index contributed by atoms with van der Waals surface area (Å²) in [5.74, 6) is 2.78. The molecule has 1 aromatic rings. The Morgan fingerprint density at radius 3 is 2.71 bits per heavy atom. The molecule has 14 heavy (non-hydrogen) atoms. The number of rotatable bonds is 3. The van der Waals surface area contributed by atoms with Crippen LogP contribution in [0, 0.1) is 6.92 Å². The van der Waals surface area contributed by atoms with Crippen LogP contribution in [0.5, 0.6) is 0 Å². The summed E-state index contributed by atoms with van der Waals surface area (Å²) in [5, 5.41) is 8.41. The smallest absolute Gasteiger partial charge is 0.136 e. The van der Waals surface area contributed by atoms with E-state index in [1.54, 1.807) is 0 Å². The number of nitrogens with two attached hydrogens (primary N) is 1. The van der Waals surface area contributed by atoms with Gasteiger partial charge in [0.2, 0.25) is 0 Å². The van der Waals surface area contributed by atoms with E-state index in [4.69, 9.17) is 5.73 Å². The van der Waals surface area contributed by atoms with Crippen molar-refractivity contribution in [1.29, 1.82) is 0 Å². The molecule has 0 atom stereocenters. The summed E-state index contributed by atoms with van der Waals surface area (Å²) in [6.45, 7) is 3.52. The van der Waals surface area contributed by atoms with Crippen molar-refractivity contribution in [3.05, 3.63) is 11.6 Å². The molecule has 0 amide bonds. The summed E-state index contributed by atoms with van der Waals surface area (Å²) >= 11 is 0. The van der Waals surface area contributed by atoms with Gasteiger partial charge >= 0.3 is 0 Å². The Balaban J connectivity index is 2.22. The maximum atomic E-state index is 5.58. The summed E-state index contributed by atoms with van der Waals surface area (Å²) in [6.07, 6.45) is 5.20. The minimum Gasteiger partial charge on any atom is -0.329 e. The van der Waals surface area contributed by atoms with Crippen molar-refractivity contribution in [2.45, 2.75) is 45.1 Å². The number of aromatic nitrogens is 3. The first-order chi connectivity index (χ1) is 6.83. The van der Waals surface area contributed by atoms with Crippen molar-refractivity contribution >= 4 is 0 Å². The standard InChI is InChI=1S/C10H18N4/c1-8-12-13-10(14(8)7-6-11)9-4-2-3-5-9/h9H,2-7,11H2,1H3. The van der Waals surface area contributed by atoms with Gasteiger partial charge in [0.05, 0.1) is 0 Å². The third kappa shape index (κ3) is 1.66. The summed E-state index contributed by atoms with van der Waals surface area (Å²) < 4.78 is 2.18. The van der Waals surface area contributed by atoms with E-state index in [-0.39, 0.29) is 0 Å². The minimum atomic E-state index is 0.628. The summed E-state index contributed by atoms with van der Waals surface area (Å²) in [4.78, 5) is 0. The van der Waals surface area contributed by atoms with Gasteiger partial charge in [0.25, 0.3) is 0 Å². The Bertz CT molecular complexity index is 299. The molecule has 0 unspecified atom stereocenters. The van der Waals surface area contributed by atoms with Crippen LogP contribution in [0.4, 0.5) is 0 Å². The van der Waals surface area contributed by atoms with Gasteiger partial charge in [-0.15, -0.1) is 10.2 Å². The van der Waals surface area contributed by atoms with Gasteiger partial charge < -0.3 is 10.3 Å². The molecule has 2 rings (SSSR count). The average molecular weight is 194 g/mol. The predicted octanol–water partition coefficient (Wildman–Crippen LogP) is 1.20. The molecule has 78 valence electrons. The monoisotopic (exact) mass is 194 g/mol. The van der Waals surface area contributed by atoms with E-state index in [9.17, 15) is 0 Å². The zero-order valence-electron chi connectivity index (χ0n) is 8.74. The lowest BCUT2D eigenvalue weighted by Crippen LogP contribution is -2.15. The lowest BCUT2D eigenvalue weighted by molar-refractivity contribution is 0.578. The highest BCUT2D eigenvalue weighted by Gasteiger charge is 2.22. The molecule has 0 aliphatic heterocycles. The van der Waals surface area contributed by atoms with Gasteiger partial charge in [0.15, 0.2) is 0 Å². The van der Waals surface area contributed by atoms with Crippen LogP contribution in [0.3, 0.4) is 0 Å². The fourth-order valence-corrected chi connectivity index (χ4v) is 2.29. The third-order valence-electron chi connectivity index (χ3n) is 3.04. The Labute approximate surface area is 84.5 Å². The Morgan fingerprint density at radius 1 is 1.36 bits per heavy atom. The molecule has 0 saturated heterocycles. The topological polar surface area (TPSA) is 56.7 Å². The second-order valence-electron chi connectivity index (χ2n) is 4.03. The van der Waals surface area contributed by atoms with Gasteiger partial charge in [-0.3, -0.25) is 0 Å². The SMILES string of the molecule is Cc1nnc(C2CCCC2)n1CCN. The molecule has 4 nitrogen and oxygen atoms in total. The van der Waals surface area contributed by atoms with Crippen molar-refractivity contribution in [3.63, 3.8) is 0 Å². The van der Waals surface area contributed by atoms with Crippen LogP contribution in [0.15, 0.2) is 0 Å². The van der Waals surface area contributed by atoms with Crippen LogP contribution in [-0.2, 0) is 6.54 Å². The molecule has 1 fully saturated rings. The normalized spacial score (nSPS) is 17.9. The predicted molar refractivity (Wildman–Crippen MR) is 55.0 cm³/mol. The minimum absolute atomic E-state index is 0.628. The third-order valence-corrected chi connectivity index (χ3v) is 3.04. The number of nitrogens with zero attached hydrogens (tertiary/aromatic N) is 3. The average Bonchev–Trinajstić information content (AvgIpc) is 2.77.